The second-order valence-electron chi connectivity index (χ2n) is 3.15. The highest BCUT2D eigenvalue weighted by Gasteiger charge is 2.05. The van der Waals surface area contributed by atoms with Crippen molar-refractivity contribution in [2.24, 2.45) is 0 Å². The average molecular weight is 252 g/mol. The van der Waals surface area contributed by atoms with Crippen LogP contribution in [0, 0.1) is 6.92 Å². The molecule has 4 heteroatoms. The molecule has 0 amide bonds. The lowest BCUT2D eigenvalue weighted by atomic mass is 10.2. The summed E-state index contributed by atoms with van der Waals surface area (Å²) >= 11 is 3.36. The Morgan fingerprint density at radius 3 is 2.79 bits per heavy atom. The number of nitrogens with two attached hydrogens (primary N) is 1. The molecule has 2 aromatic rings. The molecule has 0 bridgehead atoms. The highest BCUT2D eigenvalue weighted by atomic mass is 79.9. The Morgan fingerprint density at radius 2 is 2.21 bits per heavy atom. The Hall–Kier alpha value is -1.29. The van der Waals surface area contributed by atoms with Gasteiger partial charge >= 0.3 is 0 Å². The highest BCUT2D eigenvalue weighted by Crippen LogP contribution is 2.26. The molecule has 1 heterocycles. The van der Waals surface area contributed by atoms with Gasteiger partial charge in [0.1, 0.15) is 5.82 Å². The van der Waals surface area contributed by atoms with Crippen molar-refractivity contribution in [2.75, 3.05) is 5.73 Å². The van der Waals surface area contributed by atoms with Crippen LogP contribution in [0.4, 0.5) is 5.69 Å². The molecule has 72 valence electrons. The van der Waals surface area contributed by atoms with Crippen LogP contribution in [-0.2, 0) is 0 Å². The van der Waals surface area contributed by atoms with E-state index < -0.39 is 0 Å². The SMILES string of the molecule is Cc1cnc(-c2ccc(Br)cc2N)[nH]1. The van der Waals surface area contributed by atoms with Gasteiger partial charge in [-0.2, -0.15) is 0 Å². The summed E-state index contributed by atoms with van der Waals surface area (Å²) in [6.07, 6.45) is 1.79. The summed E-state index contributed by atoms with van der Waals surface area (Å²) in [7, 11) is 0. The molecule has 0 unspecified atom stereocenters. The lowest BCUT2D eigenvalue weighted by Gasteiger charge is -2.02. The smallest absolute Gasteiger partial charge is 0.139 e. The summed E-state index contributed by atoms with van der Waals surface area (Å²) in [5.74, 6) is 0.813. The number of aromatic nitrogens is 2. The zero-order chi connectivity index (χ0) is 10.1. The first-order valence-corrected chi connectivity index (χ1v) is 5.03. The van der Waals surface area contributed by atoms with Gasteiger partial charge in [0.2, 0.25) is 0 Å². The van der Waals surface area contributed by atoms with Gasteiger partial charge in [0.25, 0.3) is 0 Å². The number of halogens is 1. The molecular weight excluding hydrogens is 242 g/mol. The van der Waals surface area contributed by atoms with E-state index in [0.717, 1.165) is 21.6 Å². The third kappa shape index (κ3) is 1.65. The van der Waals surface area contributed by atoms with E-state index in [0.29, 0.717) is 5.69 Å². The minimum absolute atomic E-state index is 0.716. The van der Waals surface area contributed by atoms with E-state index in [1.165, 1.54) is 0 Å². The van der Waals surface area contributed by atoms with Crippen molar-refractivity contribution in [3.05, 3.63) is 34.6 Å². The molecule has 14 heavy (non-hydrogen) atoms. The van der Waals surface area contributed by atoms with Crippen molar-refractivity contribution in [3.8, 4) is 11.4 Å². The third-order valence-corrected chi connectivity index (χ3v) is 2.46. The number of aromatic amines is 1. The van der Waals surface area contributed by atoms with E-state index in [2.05, 4.69) is 25.9 Å². The lowest BCUT2D eigenvalue weighted by molar-refractivity contribution is 1.26. The first kappa shape index (κ1) is 9.27. The van der Waals surface area contributed by atoms with E-state index >= 15 is 0 Å². The van der Waals surface area contributed by atoms with Gasteiger partial charge in [-0.05, 0) is 25.1 Å². The molecule has 0 radical (unpaired) electrons. The number of hydrogen-bond acceptors (Lipinski definition) is 2. The fourth-order valence-corrected chi connectivity index (χ4v) is 1.68. The first-order chi connectivity index (χ1) is 6.66. The Bertz CT molecular complexity index is 462. The predicted molar refractivity (Wildman–Crippen MR) is 60.9 cm³/mol. The number of benzene rings is 1. The van der Waals surface area contributed by atoms with Gasteiger partial charge in [0.15, 0.2) is 0 Å². The van der Waals surface area contributed by atoms with E-state index in [4.69, 9.17) is 5.73 Å². The number of nitrogens with one attached hydrogen (secondary N) is 1. The zero-order valence-electron chi connectivity index (χ0n) is 7.71. The van der Waals surface area contributed by atoms with E-state index in [9.17, 15) is 0 Å². The molecular formula is C10H10BrN3. The fourth-order valence-electron chi connectivity index (χ4n) is 1.30. The molecule has 0 aliphatic heterocycles. The monoisotopic (exact) mass is 251 g/mol. The molecule has 0 saturated heterocycles. The van der Waals surface area contributed by atoms with Crippen LogP contribution >= 0.6 is 15.9 Å². The maximum Gasteiger partial charge on any atom is 0.139 e. The van der Waals surface area contributed by atoms with Crippen molar-refractivity contribution in [1.82, 2.24) is 9.97 Å². The van der Waals surface area contributed by atoms with Crippen molar-refractivity contribution in [1.29, 1.82) is 0 Å². The molecule has 0 saturated carbocycles. The summed E-state index contributed by atoms with van der Waals surface area (Å²) in [6, 6.07) is 5.76. The molecule has 2 rings (SSSR count). The van der Waals surface area contributed by atoms with Crippen molar-refractivity contribution in [2.45, 2.75) is 6.92 Å². The number of hydrogen-bond donors (Lipinski definition) is 2. The fraction of sp³-hybridized carbons (Fsp3) is 0.100. The number of rotatable bonds is 1. The number of nitrogen functional groups attached to an aromatic ring is 1. The molecule has 1 aromatic carbocycles. The van der Waals surface area contributed by atoms with Crippen molar-refractivity contribution in [3.63, 3.8) is 0 Å². The van der Waals surface area contributed by atoms with Gasteiger partial charge in [-0.3, -0.25) is 0 Å². The van der Waals surface area contributed by atoms with E-state index in [1.54, 1.807) is 6.20 Å². The van der Waals surface area contributed by atoms with E-state index in [1.807, 2.05) is 25.1 Å². The van der Waals surface area contributed by atoms with Crippen LogP contribution in [0.3, 0.4) is 0 Å². The number of H-pyrrole nitrogens is 1. The second-order valence-corrected chi connectivity index (χ2v) is 4.06. The standard InChI is InChI=1S/C10H10BrN3/c1-6-5-13-10(14-6)8-3-2-7(11)4-9(8)12/h2-5H,12H2,1H3,(H,13,14). The molecule has 0 fully saturated rings. The first-order valence-electron chi connectivity index (χ1n) is 4.24. The topological polar surface area (TPSA) is 54.7 Å². The molecule has 0 atom stereocenters. The maximum atomic E-state index is 5.87. The summed E-state index contributed by atoms with van der Waals surface area (Å²) in [5, 5.41) is 0. The van der Waals surface area contributed by atoms with Crippen LogP contribution in [0.5, 0.6) is 0 Å². The van der Waals surface area contributed by atoms with Crippen LogP contribution in [0.25, 0.3) is 11.4 Å². The normalized spacial score (nSPS) is 10.4. The zero-order valence-corrected chi connectivity index (χ0v) is 9.30. The second kappa shape index (κ2) is 3.46. The Kier molecular flexibility index (Phi) is 2.29. The summed E-state index contributed by atoms with van der Waals surface area (Å²) in [6.45, 7) is 1.96. The predicted octanol–water partition coefficient (Wildman–Crippen LogP) is 2.73. The largest absolute Gasteiger partial charge is 0.398 e. The maximum absolute atomic E-state index is 5.87. The highest BCUT2D eigenvalue weighted by molar-refractivity contribution is 9.10. The minimum atomic E-state index is 0.716. The summed E-state index contributed by atoms with van der Waals surface area (Å²) in [4.78, 5) is 7.37. The van der Waals surface area contributed by atoms with Gasteiger partial charge in [0.05, 0.1) is 0 Å². The van der Waals surface area contributed by atoms with Crippen LogP contribution in [-0.4, -0.2) is 9.97 Å². The summed E-state index contributed by atoms with van der Waals surface area (Å²) in [5.41, 5.74) is 8.55. The molecule has 0 spiro atoms. The van der Waals surface area contributed by atoms with Gasteiger partial charge in [-0.25, -0.2) is 4.98 Å². The van der Waals surface area contributed by atoms with Crippen LogP contribution in [0.15, 0.2) is 28.9 Å². The number of imidazole rings is 1. The van der Waals surface area contributed by atoms with E-state index in [-0.39, 0.29) is 0 Å². The van der Waals surface area contributed by atoms with Crippen molar-refractivity contribution < 1.29 is 0 Å². The lowest BCUT2D eigenvalue weighted by Crippen LogP contribution is -1.91. The quantitative estimate of drug-likeness (QED) is 0.766. The number of aryl methyl sites for hydroxylation is 1. The minimum Gasteiger partial charge on any atom is -0.398 e. The molecule has 0 aliphatic carbocycles. The summed E-state index contributed by atoms with van der Waals surface area (Å²) < 4.78 is 0.974. The average Bonchev–Trinajstić information content (AvgIpc) is 2.51. The van der Waals surface area contributed by atoms with Gasteiger partial charge in [-0.1, -0.05) is 15.9 Å². The molecule has 0 aliphatic rings. The van der Waals surface area contributed by atoms with Crippen LogP contribution < -0.4 is 5.73 Å². The molecule has 3 nitrogen and oxygen atoms in total. The number of anilines is 1. The van der Waals surface area contributed by atoms with Crippen molar-refractivity contribution >= 4 is 21.6 Å². The Balaban J connectivity index is 2.52. The van der Waals surface area contributed by atoms with Crippen LogP contribution in [0.1, 0.15) is 5.69 Å². The third-order valence-electron chi connectivity index (χ3n) is 1.97. The van der Waals surface area contributed by atoms with Gasteiger partial charge < -0.3 is 10.7 Å². The van der Waals surface area contributed by atoms with Crippen LogP contribution in [0.2, 0.25) is 0 Å². The number of nitrogens with zero attached hydrogens (tertiary/aromatic N) is 1. The molecule has 3 N–H and O–H groups in total. The Morgan fingerprint density at radius 1 is 1.43 bits per heavy atom. The van der Waals surface area contributed by atoms with Gasteiger partial charge in [0, 0.05) is 27.6 Å². The molecule has 1 aromatic heterocycles. The van der Waals surface area contributed by atoms with Gasteiger partial charge in [-0.15, -0.1) is 0 Å². The Labute approximate surface area is 90.5 Å².